The van der Waals surface area contributed by atoms with Crippen molar-refractivity contribution in [3.8, 4) is 5.75 Å². The van der Waals surface area contributed by atoms with E-state index in [0.29, 0.717) is 21.9 Å². The standard InChI is InChI=1S/C15H14ClNO4/c1-10(18)13-4-2-3-5-15(13)21-9-11-8-12(16)6-7-14(11)17(19)20/h2-8,10,18H,9H2,1H3/t10-/m0/s1. The second-order valence-electron chi connectivity index (χ2n) is 4.53. The smallest absolute Gasteiger partial charge is 0.276 e. The Hall–Kier alpha value is -2.11. The van der Waals surface area contributed by atoms with Crippen molar-refractivity contribution in [1.29, 1.82) is 0 Å². The molecular formula is C15H14ClNO4. The van der Waals surface area contributed by atoms with Crippen LogP contribution in [0.2, 0.25) is 5.02 Å². The zero-order valence-corrected chi connectivity index (χ0v) is 12.1. The maximum Gasteiger partial charge on any atom is 0.276 e. The van der Waals surface area contributed by atoms with Gasteiger partial charge in [-0.05, 0) is 25.1 Å². The van der Waals surface area contributed by atoms with E-state index in [1.54, 1.807) is 31.2 Å². The molecule has 5 nitrogen and oxygen atoms in total. The third-order valence-electron chi connectivity index (χ3n) is 2.99. The number of rotatable bonds is 5. The van der Waals surface area contributed by atoms with Crippen molar-refractivity contribution in [2.75, 3.05) is 0 Å². The molecule has 2 aromatic carbocycles. The van der Waals surface area contributed by atoms with Crippen LogP contribution in [0.4, 0.5) is 5.69 Å². The predicted octanol–water partition coefficient (Wildman–Crippen LogP) is 3.88. The Morgan fingerprint density at radius 3 is 2.71 bits per heavy atom. The fourth-order valence-corrected chi connectivity index (χ4v) is 2.16. The van der Waals surface area contributed by atoms with E-state index in [9.17, 15) is 15.2 Å². The van der Waals surface area contributed by atoms with Crippen molar-refractivity contribution < 1.29 is 14.8 Å². The van der Waals surface area contributed by atoms with Gasteiger partial charge in [0.2, 0.25) is 0 Å². The van der Waals surface area contributed by atoms with Gasteiger partial charge < -0.3 is 9.84 Å². The molecule has 0 saturated carbocycles. The molecule has 0 spiro atoms. The van der Waals surface area contributed by atoms with Crippen molar-refractivity contribution in [3.05, 3.63) is 68.7 Å². The second kappa shape index (κ2) is 6.56. The highest BCUT2D eigenvalue weighted by Gasteiger charge is 2.15. The fourth-order valence-electron chi connectivity index (χ4n) is 1.96. The Bertz CT molecular complexity index is 658. The number of nitro groups is 1. The highest BCUT2D eigenvalue weighted by atomic mass is 35.5. The van der Waals surface area contributed by atoms with Crippen LogP contribution in [0.15, 0.2) is 42.5 Å². The molecule has 2 rings (SSSR count). The number of nitrogens with zero attached hydrogens (tertiary/aromatic N) is 1. The average Bonchev–Trinajstić information content (AvgIpc) is 2.45. The molecule has 0 heterocycles. The van der Waals surface area contributed by atoms with Crippen LogP contribution in [0, 0.1) is 10.1 Å². The van der Waals surface area contributed by atoms with Crippen molar-refractivity contribution in [2.45, 2.75) is 19.6 Å². The van der Waals surface area contributed by atoms with Gasteiger partial charge in [0, 0.05) is 16.7 Å². The molecule has 0 aliphatic rings. The number of aliphatic hydroxyl groups excluding tert-OH is 1. The molecule has 0 unspecified atom stereocenters. The first-order chi connectivity index (χ1) is 9.99. The first kappa shape index (κ1) is 15.3. The number of halogens is 1. The van der Waals surface area contributed by atoms with Gasteiger partial charge in [0.05, 0.1) is 16.6 Å². The number of hydrogen-bond acceptors (Lipinski definition) is 4. The molecule has 0 bridgehead atoms. The van der Waals surface area contributed by atoms with Crippen LogP contribution in [0.25, 0.3) is 0 Å². The predicted molar refractivity (Wildman–Crippen MR) is 79.5 cm³/mol. The van der Waals surface area contributed by atoms with Gasteiger partial charge in [-0.25, -0.2) is 0 Å². The van der Waals surface area contributed by atoms with Crippen LogP contribution in [0.1, 0.15) is 24.2 Å². The lowest BCUT2D eigenvalue weighted by Crippen LogP contribution is -2.03. The van der Waals surface area contributed by atoms with E-state index >= 15 is 0 Å². The van der Waals surface area contributed by atoms with E-state index in [-0.39, 0.29) is 12.3 Å². The fraction of sp³-hybridized carbons (Fsp3) is 0.200. The van der Waals surface area contributed by atoms with Crippen LogP contribution >= 0.6 is 11.6 Å². The Morgan fingerprint density at radius 2 is 2.05 bits per heavy atom. The molecule has 0 fully saturated rings. The van der Waals surface area contributed by atoms with Crippen LogP contribution in [0.5, 0.6) is 5.75 Å². The van der Waals surface area contributed by atoms with Gasteiger partial charge in [-0.2, -0.15) is 0 Å². The Kier molecular flexibility index (Phi) is 4.77. The molecule has 110 valence electrons. The highest BCUT2D eigenvalue weighted by Crippen LogP contribution is 2.28. The van der Waals surface area contributed by atoms with Gasteiger partial charge in [0.15, 0.2) is 0 Å². The molecule has 0 radical (unpaired) electrons. The number of aliphatic hydroxyl groups is 1. The monoisotopic (exact) mass is 307 g/mol. The van der Waals surface area contributed by atoms with Crippen LogP contribution in [-0.2, 0) is 6.61 Å². The van der Waals surface area contributed by atoms with E-state index in [2.05, 4.69) is 0 Å². The van der Waals surface area contributed by atoms with Crippen LogP contribution < -0.4 is 4.74 Å². The van der Waals surface area contributed by atoms with Crippen LogP contribution in [-0.4, -0.2) is 10.0 Å². The topological polar surface area (TPSA) is 72.6 Å². The van der Waals surface area contributed by atoms with E-state index in [1.165, 1.54) is 18.2 Å². The van der Waals surface area contributed by atoms with Gasteiger partial charge in [-0.15, -0.1) is 0 Å². The summed E-state index contributed by atoms with van der Waals surface area (Å²) in [6.45, 7) is 1.63. The minimum Gasteiger partial charge on any atom is -0.488 e. The lowest BCUT2D eigenvalue weighted by molar-refractivity contribution is -0.385. The number of nitro benzene ring substituents is 1. The van der Waals surface area contributed by atoms with Gasteiger partial charge in [0.25, 0.3) is 5.69 Å². The Balaban J connectivity index is 2.25. The summed E-state index contributed by atoms with van der Waals surface area (Å²) in [5.74, 6) is 0.488. The quantitative estimate of drug-likeness (QED) is 0.672. The third-order valence-corrected chi connectivity index (χ3v) is 3.23. The SMILES string of the molecule is C[C@H](O)c1ccccc1OCc1cc(Cl)ccc1[N+](=O)[O-]. The molecule has 2 aromatic rings. The molecule has 0 aromatic heterocycles. The van der Waals surface area contributed by atoms with Gasteiger partial charge >= 0.3 is 0 Å². The average molecular weight is 308 g/mol. The van der Waals surface area contributed by atoms with Crippen LogP contribution in [0.3, 0.4) is 0 Å². The molecular weight excluding hydrogens is 294 g/mol. The van der Waals surface area contributed by atoms with Crippen molar-refractivity contribution in [1.82, 2.24) is 0 Å². The van der Waals surface area contributed by atoms with Gasteiger partial charge in [-0.3, -0.25) is 10.1 Å². The number of benzene rings is 2. The lowest BCUT2D eigenvalue weighted by atomic mass is 10.1. The summed E-state index contributed by atoms with van der Waals surface area (Å²) in [6, 6.07) is 11.3. The van der Waals surface area contributed by atoms with Gasteiger partial charge in [0.1, 0.15) is 12.4 Å². The molecule has 0 saturated heterocycles. The normalized spacial score (nSPS) is 12.0. The summed E-state index contributed by atoms with van der Waals surface area (Å²) in [6.07, 6.45) is -0.685. The summed E-state index contributed by atoms with van der Waals surface area (Å²) in [5.41, 5.74) is 0.962. The zero-order valence-electron chi connectivity index (χ0n) is 11.3. The van der Waals surface area contributed by atoms with Crippen molar-refractivity contribution in [3.63, 3.8) is 0 Å². The van der Waals surface area contributed by atoms with Crippen molar-refractivity contribution in [2.24, 2.45) is 0 Å². The number of para-hydroxylation sites is 1. The van der Waals surface area contributed by atoms with E-state index in [0.717, 1.165) is 0 Å². The molecule has 6 heteroatoms. The first-order valence-electron chi connectivity index (χ1n) is 6.31. The van der Waals surface area contributed by atoms with E-state index < -0.39 is 11.0 Å². The molecule has 0 amide bonds. The van der Waals surface area contributed by atoms with Crippen molar-refractivity contribution >= 4 is 17.3 Å². The maximum absolute atomic E-state index is 11.0. The Morgan fingerprint density at radius 1 is 1.33 bits per heavy atom. The summed E-state index contributed by atoms with van der Waals surface area (Å²) < 4.78 is 5.61. The lowest BCUT2D eigenvalue weighted by Gasteiger charge is -2.13. The largest absolute Gasteiger partial charge is 0.488 e. The van der Waals surface area contributed by atoms with E-state index in [1.807, 2.05) is 0 Å². The van der Waals surface area contributed by atoms with Gasteiger partial charge in [-0.1, -0.05) is 29.8 Å². The molecule has 21 heavy (non-hydrogen) atoms. The molecule has 0 aliphatic heterocycles. The highest BCUT2D eigenvalue weighted by molar-refractivity contribution is 6.30. The second-order valence-corrected chi connectivity index (χ2v) is 4.97. The summed E-state index contributed by atoms with van der Waals surface area (Å²) in [7, 11) is 0. The third kappa shape index (κ3) is 3.71. The molecule has 0 aliphatic carbocycles. The summed E-state index contributed by atoms with van der Waals surface area (Å²) in [5, 5.41) is 21.1. The number of hydrogen-bond donors (Lipinski definition) is 1. The first-order valence-corrected chi connectivity index (χ1v) is 6.69. The minimum absolute atomic E-state index is 0.000602. The van der Waals surface area contributed by atoms with E-state index in [4.69, 9.17) is 16.3 Å². The molecule has 1 atom stereocenters. The molecule has 1 N–H and O–H groups in total. The minimum atomic E-state index is -0.685. The number of ether oxygens (including phenoxy) is 1. The zero-order chi connectivity index (χ0) is 15.4. The summed E-state index contributed by atoms with van der Waals surface area (Å²) in [4.78, 5) is 10.5. The Labute approximate surface area is 126 Å². The maximum atomic E-state index is 11.0. The summed E-state index contributed by atoms with van der Waals surface area (Å²) >= 11 is 5.87.